The molecule has 0 spiro atoms. The SMILES string of the molecule is c1ccc(N(c2ccccc2)c2ccc3c(c2)c2c4c(ccc2n3-c2cccc3ccccc23)Sc2ccccc2S4)cc1. The van der Waals surface area contributed by atoms with Gasteiger partial charge in [-0.3, -0.25) is 0 Å². The quantitative estimate of drug-likeness (QED) is 0.199. The Morgan fingerprint density at radius 3 is 1.84 bits per heavy atom. The molecule has 44 heavy (non-hydrogen) atoms. The molecule has 7 aromatic carbocycles. The number of aromatic nitrogens is 1. The van der Waals surface area contributed by atoms with Crippen molar-refractivity contribution >= 4 is 73.2 Å². The van der Waals surface area contributed by atoms with E-state index in [1.807, 2.05) is 23.5 Å². The fraction of sp³-hybridized carbons (Fsp3) is 0. The molecule has 0 saturated carbocycles. The van der Waals surface area contributed by atoms with Crippen molar-refractivity contribution in [2.75, 3.05) is 4.90 Å². The molecule has 2 heterocycles. The Morgan fingerprint density at radius 2 is 1.07 bits per heavy atom. The van der Waals surface area contributed by atoms with E-state index in [9.17, 15) is 0 Å². The molecule has 1 aromatic heterocycles. The van der Waals surface area contributed by atoms with Gasteiger partial charge in [0.2, 0.25) is 0 Å². The van der Waals surface area contributed by atoms with Crippen molar-refractivity contribution in [3.63, 3.8) is 0 Å². The van der Waals surface area contributed by atoms with Crippen molar-refractivity contribution < 1.29 is 0 Å². The standard InChI is InChI=1S/C40H26N2S2/c1-3-14-28(15-4-1)41(29-16-5-2-6-17-29)30-22-23-34-32(26-30)39-35(42(34)33-19-11-13-27-12-7-8-18-31(27)33)24-25-38-40(39)44-37-21-10-9-20-36(37)43-38/h1-26H. The molecule has 2 nitrogen and oxygen atoms in total. The highest BCUT2D eigenvalue weighted by Crippen LogP contribution is 2.53. The predicted molar refractivity (Wildman–Crippen MR) is 188 cm³/mol. The summed E-state index contributed by atoms with van der Waals surface area (Å²) in [5.41, 5.74) is 7.05. The van der Waals surface area contributed by atoms with E-state index in [-0.39, 0.29) is 0 Å². The first-order valence-electron chi connectivity index (χ1n) is 14.8. The molecule has 8 aromatic rings. The Balaban J connectivity index is 1.37. The molecule has 0 radical (unpaired) electrons. The van der Waals surface area contributed by atoms with Crippen molar-refractivity contribution in [1.82, 2.24) is 4.57 Å². The van der Waals surface area contributed by atoms with E-state index in [1.54, 1.807) is 0 Å². The van der Waals surface area contributed by atoms with Crippen LogP contribution in [0.3, 0.4) is 0 Å². The number of hydrogen-bond acceptors (Lipinski definition) is 3. The van der Waals surface area contributed by atoms with E-state index in [0.717, 1.165) is 17.1 Å². The number of rotatable bonds is 4. The van der Waals surface area contributed by atoms with Crippen LogP contribution < -0.4 is 4.90 Å². The minimum Gasteiger partial charge on any atom is -0.310 e. The topological polar surface area (TPSA) is 8.17 Å². The maximum Gasteiger partial charge on any atom is 0.0553 e. The number of benzene rings is 7. The summed E-state index contributed by atoms with van der Waals surface area (Å²) in [6.45, 7) is 0. The van der Waals surface area contributed by atoms with Gasteiger partial charge in [0.1, 0.15) is 0 Å². The van der Waals surface area contributed by atoms with E-state index in [2.05, 4.69) is 167 Å². The van der Waals surface area contributed by atoms with Gasteiger partial charge in [0.15, 0.2) is 0 Å². The number of fused-ring (bicyclic) bond motifs is 7. The molecule has 4 heteroatoms. The fourth-order valence-corrected chi connectivity index (χ4v) is 8.88. The van der Waals surface area contributed by atoms with Gasteiger partial charge in [-0.25, -0.2) is 0 Å². The van der Waals surface area contributed by atoms with Gasteiger partial charge in [-0.1, -0.05) is 108 Å². The molecule has 0 N–H and O–H groups in total. The smallest absolute Gasteiger partial charge is 0.0553 e. The lowest BCUT2D eigenvalue weighted by Crippen LogP contribution is -2.09. The van der Waals surface area contributed by atoms with Crippen molar-refractivity contribution in [2.24, 2.45) is 0 Å². The van der Waals surface area contributed by atoms with E-state index in [4.69, 9.17) is 0 Å². The fourth-order valence-electron chi connectivity index (χ4n) is 6.48. The van der Waals surface area contributed by atoms with Gasteiger partial charge < -0.3 is 9.47 Å². The first-order chi connectivity index (χ1) is 21.8. The lowest BCUT2D eigenvalue weighted by molar-refractivity contribution is 1.16. The molecular formula is C40H26N2S2. The van der Waals surface area contributed by atoms with Gasteiger partial charge in [-0.15, -0.1) is 0 Å². The van der Waals surface area contributed by atoms with Gasteiger partial charge in [0, 0.05) is 52.8 Å². The zero-order valence-corrected chi connectivity index (χ0v) is 25.4. The number of anilines is 3. The van der Waals surface area contributed by atoms with E-state index in [0.29, 0.717) is 0 Å². The second kappa shape index (κ2) is 10.4. The van der Waals surface area contributed by atoms with Crippen LogP contribution >= 0.6 is 23.5 Å². The monoisotopic (exact) mass is 598 g/mol. The number of hydrogen-bond donors (Lipinski definition) is 0. The molecule has 0 fully saturated rings. The average Bonchev–Trinajstić information content (AvgIpc) is 3.42. The van der Waals surface area contributed by atoms with Crippen molar-refractivity contribution in [2.45, 2.75) is 19.6 Å². The van der Waals surface area contributed by atoms with Gasteiger partial charge >= 0.3 is 0 Å². The molecule has 0 amide bonds. The third-order valence-corrected chi connectivity index (χ3v) is 11.0. The van der Waals surface area contributed by atoms with Crippen LogP contribution in [0.2, 0.25) is 0 Å². The van der Waals surface area contributed by atoms with Gasteiger partial charge in [0.05, 0.1) is 16.7 Å². The van der Waals surface area contributed by atoms with Crippen LogP contribution in [0.25, 0.3) is 38.3 Å². The summed E-state index contributed by atoms with van der Waals surface area (Å²) < 4.78 is 2.47. The van der Waals surface area contributed by atoms with E-state index in [1.165, 1.54) is 57.8 Å². The maximum absolute atomic E-state index is 2.47. The lowest BCUT2D eigenvalue weighted by Gasteiger charge is -2.25. The van der Waals surface area contributed by atoms with Gasteiger partial charge in [-0.05, 0) is 78.2 Å². The van der Waals surface area contributed by atoms with Gasteiger partial charge in [0.25, 0.3) is 0 Å². The Hall–Kier alpha value is -4.90. The zero-order valence-electron chi connectivity index (χ0n) is 23.7. The molecular weight excluding hydrogens is 573 g/mol. The largest absolute Gasteiger partial charge is 0.310 e. The minimum atomic E-state index is 1.14. The summed E-state index contributed by atoms with van der Waals surface area (Å²) in [7, 11) is 0. The summed E-state index contributed by atoms with van der Waals surface area (Å²) in [5.74, 6) is 0. The highest BCUT2D eigenvalue weighted by Gasteiger charge is 2.25. The molecule has 1 aliphatic rings. The molecule has 0 atom stereocenters. The predicted octanol–water partition coefficient (Wildman–Crippen LogP) is 12.0. The zero-order chi connectivity index (χ0) is 29.0. The first-order valence-corrected chi connectivity index (χ1v) is 16.4. The highest BCUT2D eigenvalue weighted by molar-refractivity contribution is 8.05. The third-order valence-electron chi connectivity index (χ3n) is 8.41. The van der Waals surface area contributed by atoms with E-state index >= 15 is 0 Å². The van der Waals surface area contributed by atoms with Crippen LogP contribution in [0, 0.1) is 0 Å². The summed E-state index contributed by atoms with van der Waals surface area (Å²) in [6.07, 6.45) is 0. The lowest BCUT2D eigenvalue weighted by atomic mass is 10.1. The first kappa shape index (κ1) is 25.6. The Bertz CT molecular complexity index is 2300. The average molecular weight is 599 g/mol. The molecule has 0 aliphatic carbocycles. The molecule has 1 aliphatic heterocycles. The van der Waals surface area contributed by atoms with Crippen LogP contribution in [0.15, 0.2) is 177 Å². The number of para-hydroxylation sites is 2. The van der Waals surface area contributed by atoms with Crippen LogP contribution in [-0.4, -0.2) is 4.57 Å². The molecule has 9 rings (SSSR count). The van der Waals surface area contributed by atoms with E-state index < -0.39 is 0 Å². The maximum atomic E-state index is 2.47. The van der Waals surface area contributed by atoms with Crippen LogP contribution in [0.1, 0.15) is 0 Å². The Kier molecular flexibility index (Phi) is 6.03. The second-order valence-corrected chi connectivity index (χ2v) is 13.1. The van der Waals surface area contributed by atoms with Crippen LogP contribution in [-0.2, 0) is 0 Å². The summed E-state index contributed by atoms with van der Waals surface area (Å²) in [4.78, 5) is 7.63. The molecule has 208 valence electrons. The van der Waals surface area contributed by atoms with Crippen LogP contribution in [0.5, 0.6) is 0 Å². The summed E-state index contributed by atoms with van der Waals surface area (Å²) in [5, 5.41) is 5.05. The Labute approximate surface area is 264 Å². The van der Waals surface area contributed by atoms with Crippen molar-refractivity contribution in [1.29, 1.82) is 0 Å². The number of nitrogens with zero attached hydrogens (tertiary/aromatic N) is 2. The van der Waals surface area contributed by atoms with Gasteiger partial charge in [-0.2, -0.15) is 0 Å². The van der Waals surface area contributed by atoms with Crippen LogP contribution in [0.4, 0.5) is 17.1 Å². The second-order valence-electron chi connectivity index (χ2n) is 11.0. The van der Waals surface area contributed by atoms with Crippen molar-refractivity contribution in [3.05, 3.63) is 158 Å². The minimum absolute atomic E-state index is 1.14. The normalized spacial score (nSPS) is 12.4. The highest BCUT2D eigenvalue weighted by atomic mass is 32.2. The summed E-state index contributed by atoms with van der Waals surface area (Å²) in [6, 6.07) is 57.0. The third kappa shape index (κ3) is 4.06. The van der Waals surface area contributed by atoms with Crippen molar-refractivity contribution in [3.8, 4) is 5.69 Å². The molecule has 0 saturated heterocycles. The Morgan fingerprint density at radius 1 is 0.432 bits per heavy atom. The summed E-state index contributed by atoms with van der Waals surface area (Å²) >= 11 is 3.78. The molecule has 0 unspecified atom stereocenters. The molecule has 0 bridgehead atoms.